The smallest absolute Gasteiger partial charge is 0.320 e. The Bertz CT molecular complexity index is 344. The third kappa shape index (κ3) is 4.33. The summed E-state index contributed by atoms with van der Waals surface area (Å²) >= 11 is 0. The molecule has 1 rings (SSSR count). The molecule has 9 nitrogen and oxygen atoms in total. The fourth-order valence-corrected chi connectivity index (χ4v) is 2.28. The number of ether oxygens (including phenoxy) is 1. The molecule has 1 saturated heterocycles. The lowest BCUT2D eigenvalue weighted by atomic mass is 10.0. The van der Waals surface area contributed by atoms with Crippen LogP contribution in [0.5, 0.6) is 0 Å². The molecule has 0 saturated carbocycles. The third-order valence-electron chi connectivity index (χ3n) is 3.64. The van der Waals surface area contributed by atoms with Gasteiger partial charge in [0, 0.05) is 0 Å². The summed E-state index contributed by atoms with van der Waals surface area (Å²) < 4.78 is 5.31. The number of nitrogens with one attached hydrogen (secondary N) is 1. The van der Waals surface area contributed by atoms with Crippen molar-refractivity contribution in [2.75, 3.05) is 19.8 Å². The molecule has 0 aromatic rings. The van der Waals surface area contributed by atoms with Gasteiger partial charge in [0.2, 0.25) is 0 Å². The number of aliphatic carboxylic acids is 1. The van der Waals surface area contributed by atoms with E-state index < -0.39 is 49.3 Å². The summed E-state index contributed by atoms with van der Waals surface area (Å²) in [5.41, 5.74) is 3.84. The number of rotatable bonds is 9. The van der Waals surface area contributed by atoms with Crippen LogP contribution in [0.4, 0.5) is 0 Å². The van der Waals surface area contributed by atoms with Crippen LogP contribution >= 0.6 is 0 Å². The molecule has 0 aromatic carbocycles. The summed E-state index contributed by atoms with van der Waals surface area (Å²) in [7, 11) is 0. The highest BCUT2D eigenvalue weighted by Gasteiger charge is 2.53. The maximum Gasteiger partial charge on any atom is 0.320 e. The van der Waals surface area contributed by atoms with Gasteiger partial charge in [-0.05, 0) is 19.4 Å². The van der Waals surface area contributed by atoms with Gasteiger partial charge in [-0.1, -0.05) is 6.42 Å². The molecule has 0 spiro atoms. The molecule has 0 unspecified atom stereocenters. The van der Waals surface area contributed by atoms with Gasteiger partial charge in [0.25, 0.3) is 0 Å². The number of hydrogen-bond acceptors (Lipinski definition) is 8. The second-order valence-electron chi connectivity index (χ2n) is 5.19. The number of aliphatic hydroxyl groups excluding tert-OH is 4. The summed E-state index contributed by atoms with van der Waals surface area (Å²) in [5, 5.41) is 49.5. The summed E-state index contributed by atoms with van der Waals surface area (Å²) in [5.74, 6) is -1.06. The molecule has 0 amide bonds. The average Bonchev–Trinajstić information content (AvgIpc) is 2.71. The van der Waals surface area contributed by atoms with Crippen LogP contribution in [0.3, 0.4) is 0 Å². The summed E-state index contributed by atoms with van der Waals surface area (Å²) in [6.45, 7) is -0.722. The Morgan fingerprint density at radius 2 is 2.00 bits per heavy atom. The van der Waals surface area contributed by atoms with E-state index in [1.54, 1.807) is 0 Å². The molecule has 1 aliphatic rings. The lowest BCUT2D eigenvalue weighted by Crippen LogP contribution is -2.57. The van der Waals surface area contributed by atoms with E-state index in [0.29, 0.717) is 25.8 Å². The highest BCUT2D eigenvalue weighted by atomic mass is 16.6. The zero-order chi connectivity index (χ0) is 16.0. The highest BCUT2D eigenvalue weighted by molar-refractivity contribution is 5.72. The van der Waals surface area contributed by atoms with E-state index in [9.17, 15) is 20.1 Å². The number of carboxylic acid groups (broad SMARTS) is 1. The molecule has 21 heavy (non-hydrogen) atoms. The fraction of sp³-hybridized carbons (Fsp3) is 0.917. The van der Waals surface area contributed by atoms with Gasteiger partial charge in [0.05, 0.1) is 13.2 Å². The summed E-state index contributed by atoms with van der Waals surface area (Å²) in [6.07, 6.45) is -2.23. The van der Waals surface area contributed by atoms with Crippen LogP contribution in [-0.4, -0.2) is 81.3 Å². The standard InChI is InChI=1S/C12H24N2O7/c13-7(11(19)20)3-1-2-4-14-12(6-16)10(18)9(17)8(5-15)21-12/h7-10,14-18H,1-6,13H2,(H,19,20)/t7-,8+,9+,10-,12+/m0/s1. The predicted molar refractivity (Wildman–Crippen MR) is 71.3 cm³/mol. The van der Waals surface area contributed by atoms with Crippen molar-refractivity contribution in [2.45, 2.75) is 49.3 Å². The number of aliphatic hydroxyl groups is 4. The number of unbranched alkanes of at least 4 members (excludes halogenated alkanes) is 1. The van der Waals surface area contributed by atoms with Crippen molar-refractivity contribution in [1.29, 1.82) is 0 Å². The van der Waals surface area contributed by atoms with Crippen molar-refractivity contribution in [1.82, 2.24) is 5.32 Å². The van der Waals surface area contributed by atoms with Crippen LogP contribution < -0.4 is 11.1 Å². The van der Waals surface area contributed by atoms with Gasteiger partial charge in [-0.2, -0.15) is 0 Å². The van der Waals surface area contributed by atoms with Gasteiger partial charge in [0.15, 0.2) is 5.72 Å². The van der Waals surface area contributed by atoms with Gasteiger partial charge in [0.1, 0.15) is 24.4 Å². The second kappa shape index (κ2) is 7.99. The van der Waals surface area contributed by atoms with Gasteiger partial charge in [-0.15, -0.1) is 0 Å². The van der Waals surface area contributed by atoms with E-state index >= 15 is 0 Å². The Hall–Kier alpha value is -0.810. The van der Waals surface area contributed by atoms with Gasteiger partial charge >= 0.3 is 5.97 Å². The van der Waals surface area contributed by atoms with Gasteiger partial charge in [-0.3, -0.25) is 10.1 Å². The average molecular weight is 308 g/mol. The molecule has 1 heterocycles. The molecule has 1 aliphatic heterocycles. The van der Waals surface area contributed by atoms with Crippen molar-refractivity contribution in [3.8, 4) is 0 Å². The minimum Gasteiger partial charge on any atom is -0.480 e. The molecule has 5 atom stereocenters. The maximum atomic E-state index is 10.5. The molecule has 124 valence electrons. The van der Waals surface area contributed by atoms with Crippen molar-refractivity contribution in [3.63, 3.8) is 0 Å². The maximum absolute atomic E-state index is 10.5. The number of carbonyl (C=O) groups is 1. The molecule has 0 aromatic heterocycles. The molecule has 0 radical (unpaired) electrons. The van der Waals surface area contributed by atoms with Gasteiger partial charge < -0.3 is 36.0 Å². The number of carboxylic acids is 1. The molecule has 9 heteroatoms. The van der Waals surface area contributed by atoms with Crippen LogP contribution in [0.1, 0.15) is 19.3 Å². The molecule has 0 aliphatic carbocycles. The van der Waals surface area contributed by atoms with E-state index in [0.717, 1.165) is 0 Å². The van der Waals surface area contributed by atoms with Gasteiger partial charge in [-0.25, -0.2) is 0 Å². The van der Waals surface area contributed by atoms with Crippen LogP contribution in [0.2, 0.25) is 0 Å². The molecular formula is C12H24N2O7. The van der Waals surface area contributed by atoms with E-state index in [1.165, 1.54) is 0 Å². The first-order chi connectivity index (χ1) is 9.88. The Morgan fingerprint density at radius 1 is 1.33 bits per heavy atom. The lowest BCUT2D eigenvalue weighted by molar-refractivity contribution is -0.139. The summed E-state index contributed by atoms with van der Waals surface area (Å²) in [6, 6.07) is -0.911. The SMILES string of the molecule is N[C@@H](CCCCN[C@]1(CO)O[C@H](CO)[C@@H](O)[C@@H]1O)C(=O)O. The fourth-order valence-electron chi connectivity index (χ4n) is 2.28. The largest absolute Gasteiger partial charge is 0.480 e. The monoisotopic (exact) mass is 308 g/mol. The second-order valence-corrected chi connectivity index (χ2v) is 5.19. The molecular weight excluding hydrogens is 284 g/mol. The van der Waals surface area contributed by atoms with Crippen molar-refractivity contribution in [3.05, 3.63) is 0 Å². The minimum atomic E-state index is -1.53. The topological polar surface area (TPSA) is 166 Å². The van der Waals surface area contributed by atoms with E-state index in [-0.39, 0.29) is 0 Å². The Morgan fingerprint density at radius 3 is 2.48 bits per heavy atom. The van der Waals surface area contributed by atoms with Crippen molar-refractivity contribution >= 4 is 5.97 Å². The summed E-state index contributed by atoms with van der Waals surface area (Å²) in [4.78, 5) is 10.5. The van der Waals surface area contributed by atoms with Crippen LogP contribution in [-0.2, 0) is 9.53 Å². The lowest BCUT2D eigenvalue weighted by Gasteiger charge is -2.31. The third-order valence-corrected chi connectivity index (χ3v) is 3.64. The zero-order valence-electron chi connectivity index (χ0n) is 11.7. The van der Waals surface area contributed by atoms with Crippen LogP contribution in [0, 0.1) is 0 Å². The zero-order valence-corrected chi connectivity index (χ0v) is 11.7. The Balaban J connectivity index is 2.39. The number of hydrogen-bond donors (Lipinski definition) is 7. The van der Waals surface area contributed by atoms with Crippen LogP contribution in [0.25, 0.3) is 0 Å². The molecule has 8 N–H and O–H groups in total. The van der Waals surface area contributed by atoms with Crippen LogP contribution in [0.15, 0.2) is 0 Å². The predicted octanol–water partition coefficient (Wildman–Crippen LogP) is -3.04. The van der Waals surface area contributed by atoms with E-state index in [2.05, 4.69) is 5.32 Å². The van der Waals surface area contributed by atoms with E-state index in [1.807, 2.05) is 0 Å². The Labute approximate surface area is 122 Å². The van der Waals surface area contributed by atoms with Crippen molar-refractivity contribution < 1.29 is 35.1 Å². The number of nitrogens with two attached hydrogens (primary N) is 1. The molecule has 0 bridgehead atoms. The quantitative estimate of drug-likeness (QED) is 0.219. The normalized spacial score (nSPS) is 34.0. The highest BCUT2D eigenvalue weighted by Crippen LogP contribution is 2.28. The minimum absolute atomic E-state index is 0.314. The van der Waals surface area contributed by atoms with Crippen molar-refractivity contribution in [2.24, 2.45) is 5.73 Å². The first-order valence-electron chi connectivity index (χ1n) is 6.87. The molecule has 1 fully saturated rings. The van der Waals surface area contributed by atoms with E-state index in [4.69, 9.17) is 20.7 Å². The first kappa shape index (κ1) is 18.2. The first-order valence-corrected chi connectivity index (χ1v) is 6.87. The Kier molecular flexibility index (Phi) is 6.94.